The van der Waals surface area contributed by atoms with Crippen molar-refractivity contribution in [2.24, 2.45) is 5.92 Å². The van der Waals surface area contributed by atoms with Crippen LogP contribution in [0.3, 0.4) is 0 Å². The molecule has 32 heavy (non-hydrogen) atoms. The van der Waals surface area contributed by atoms with Gasteiger partial charge in [0, 0.05) is 39.2 Å². The summed E-state index contributed by atoms with van der Waals surface area (Å²) in [5.74, 6) is -4.13. The summed E-state index contributed by atoms with van der Waals surface area (Å²) in [7, 11) is 0. The van der Waals surface area contributed by atoms with E-state index in [1.54, 1.807) is 6.07 Å². The third-order valence-corrected chi connectivity index (χ3v) is 5.94. The zero-order valence-corrected chi connectivity index (χ0v) is 17.8. The van der Waals surface area contributed by atoms with Crippen molar-refractivity contribution >= 4 is 5.91 Å². The summed E-state index contributed by atoms with van der Waals surface area (Å²) in [6, 6.07) is 6.13. The predicted octanol–water partition coefficient (Wildman–Crippen LogP) is 3.57. The maximum Gasteiger partial charge on any atom is 0.322 e. The molecule has 9 heteroatoms. The fourth-order valence-electron chi connectivity index (χ4n) is 4.18. The number of ether oxygens (including phenoxy) is 1. The molecule has 2 aliphatic heterocycles. The Bertz CT molecular complexity index is 1040. The number of fused-ring (bicyclic) bond motifs is 1. The van der Waals surface area contributed by atoms with Crippen LogP contribution in [0.25, 0.3) is 0 Å². The van der Waals surface area contributed by atoms with Gasteiger partial charge in [0.1, 0.15) is 17.8 Å². The summed E-state index contributed by atoms with van der Waals surface area (Å²) in [4.78, 5) is 27.3. The SMILES string of the molecule is CC(F)(F)C(=O)N1CCC(COc2coc(CN3Cc4ccc(F)cc4C3)cc2=O)CC1. The molecule has 1 aromatic heterocycles. The molecule has 1 fully saturated rings. The maximum absolute atomic E-state index is 13.4. The van der Waals surface area contributed by atoms with Crippen LogP contribution < -0.4 is 10.2 Å². The smallest absolute Gasteiger partial charge is 0.322 e. The van der Waals surface area contributed by atoms with Crippen molar-refractivity contribution in [2.75, 3.05) is 19.7 Å². The second-order valence-corrected chi connectivity index (χ2v) is 8.57. The van der Waals surface area contributed by atoms with Gasteiger partial charge in [0.05, 0.1) is 13.2 Å². The maximum atomic E-state index is 13.4. The number of carbonyl (C=O) groups excluding carboxylic acids is 1. The van der Waals surface area contributed by atoms with Crippen molar-refractivity contribution in [2.45, 2.75) is 45.3 Å². The van der Waals surface area contributed by atoms with E-state index in [0.29, 0.717) is 45.2 Å². The number of piperidine rings is 1. The van der Waals surface area contributed by atoms with E-state index in [9.17, 15) is 22.8 Å². The molecule has 172 valence electrons. The van der Waals surface area contributed by atoms with Gasteiger partial charge < -0.3 is 14.1 Å². The van der Waals surface area contributed by atoms with E-state index in [0.717, 1.165) is 11.1 Å². The Labute approximate surface area is 183 Å². The average Bonchev–Trinajstić information content (AvgIpc) is 3.13. The Balaban J connectivity index is 1.27. The summed E-state index contributed by atoms with van der Waals surface area (Å²) in [5.41, 5.74) is 1.69. The molecule has 0 unspecified atom stereocenters. The molecular formula is C23H25F3N2O4. The predicted molar refractivity (Wildman–Crippen MR) is 110 cm³/mol. The number of likely N-dealkylation sites (tertiary alicyclic amines) is 1. The van der Waals surface area contributed by atoms with Crippen LogP contribution in [-0.2, 0) is 24.4 Å². The molecular weight excluding hydrogens is 425 g/mol. The van der Waals surface area contributed by atoms with Gasteiger partial charge in [-0.1, -0.05) is 6.07 Å². The molecule has 0 bridgehead atoms. The summed E-state index contributed by atoms with van der Waals surface area (Å²) < 4.78 is 50.9. The Hall–Kier alpha value is -2.81. The minimum atomic E-state index is -3.36. The number of alkyl halides is 2. The molecule has 4 rings (SSSR count). The van der Waals surface area contributed by atoms with E-state index in [1.807, 2.05) is 0 Å². The van der Waals surface area contributed by atoms with Gasteiger partial charge >= 0.3 is 5.92 Å². The van der Waals surface area contributed by atoms with Crippen molar-refractivity contribution in [1.29, 1.82) is 0 Å². The molecule has 1 amide bonds. The van der Waals surface area contributed by atoms with Gasteiger partial charge in [-0.05, 0) is 42.0 Å². The average molecular weight is 450 g/mol. The molecule has 0 radical (unpaired) electrons. The van der Waals surface area contributed by atoms with Crippen LogP contribution in [0.4, 0.5) is 13.2 Å². The van der Waals surface area contributed by atoms with Crippen LogP contribution in [0.2, 0.25) is 0 Å². The molecule has 0 aliphatic carbocycles. The van der Waals surface area contributed by atoms with E-state index in [1.165, 1.54) is 29.4 Å². The Morgan fingerprint density at radius 2 is 1.91 bits per heavy atom. The second-order valence-electron chi connectivity index (χ2n) is 8.57. The van der Waals surface area contributed by atoms with E-state index in [4.69, 9.17) is 9.15 Å². The zero-order valence-electron chi connectivity index (χ0n) is 17.8. The number of benzene rings is 1. The lowest BCUT2D eigenvalue weighted by Gasteiger charge is -2.33. The molecule has 1 aromatic carbocycles. The highest BCUT2D eigenvalue weighted by Crippen LogP contribution is 2.26. The van der Waals surface area contributed by atoms with Gasteiger partial charge in [-0.15, -0.1) is 0 Å². The zero-order chi connectivity index (χ0) is 22.9. The van der Waals surface area contributed by atoms with Crippen molar-refractivity contribution in [3.63, 3.8) is 0 Å². The lowest BCUT2D eigenvalue weighted by atomic mass is 9.97. The van der Waals surface area contributed by atoms with Crippen LogP contribution in [0.5, 0.6) is 5.75 Å². The van der Waals surface area contributed by atoms with Gasteiger partial charge in [0.25, 0.3) is 5.91 Å². The normalized spacial score (nSPS) is 17.4. The highest BCUT2D eigenvalue weighted by Gasteiger charge is 2.38. The monoisotopic (exact) mass is 450 g/mol. The van der Waals surface area contributed by atoms with Crippen LogP contribution >= 0.6 is 0 Å². The topological polar surface area (TPSA) is 63.0 Å². The third kappa shape index (κ3) is 5.15. The molecule has 0 spiro atoms. The standard InChI is InChI=1S/C23H25F3N2O4/c1-23(25,26)22(30)28-6-4-15(5-7-28)13-32-21-14-31-19(9-20(21)29)12-27-10-16-2-3-18(24)8-17(16)11-27/h2-3,8-9,14-15H,4-7,10-13H2,1H3. The Morgan fingerprint density at radius 1 is 1.19 bits per heavy atom. The fraction of sp³-hybridized carbons (Fsp3) is 0.478. The number of hydrogen-bond acceptors (Lipinski definition) is 5. The molecule has 2 aliphatic rings. The second kappa shape index (κ2) is 8.97. The van der Waals surface area contributed by atoms with Gasteiger partial charge in [0.15, 0.2) is 0 Å². The van der Waals surface area contributed by atoms with Crippen LogP contribution in [0.1, 0.15) is 36.7 Å². The minimum absolute atomic E-state index is 0.0621. The van der Waals surface area contributed by atoms with Crippen molar-refractivity contribution < 1.29 is 27.1 Å². The molecule has 1 saturated heterocycles. The summed E-state index contributed by atoms with van der Waals surface area (Å²) in [6.45, 7) is 3.00. The summed E-state index contributed by atoms with van der Waals surface area (Å²) in [5, 5.41) is 0. The molecule has 3 heterocycles. The summed E-state index contributed by atoms with van der Waals surface area (Å²) in [6.07, 6.45) is 2.35. The number of halogens is 3. The molecule has 0 saturated carbocycles. The Kier molecular flexibility index (Phi) is 6.28. The molecule has 0 atom stereocenters. The van der Waals surface area contributed by atoms with E-state index in [2.05, 4.69) is 4.90 Å². The van der Waals surface area contributed by atoms with Gasteiger partial charge in [-0.25, -0.2) is 4.39 Å². The molecule has 0 N–H and O–H groups in total. The van der Waals surface area contributed by atoms with Crippen LogP contribution in [0, 0.1) is 11.7 Å². The number of carbonyl (C=O) groups is 1. The van der Waals surface area contributed by atoms with Gasteiger partial charge in [-0.2, -0.15) is 8.78 Å². The van der Waals surface area contributed by atoms with Crippen molar-refractivity contribution in [3.8, 4) is 5.75 Å². The number of hydrogen-bond donors (Lipinski definition) is 0. The van der Waals surface area contributed by atoms with E-state index in [-0.39, 0.29) is 42.6 Å². The van der Waals surface area contributed by atoms with Crippen LogP contribution in [-0.4, -0.2) is 41.3 Å². The fourth-order valence-corrected chi connectivity index (χ4v) is 4.18. The molecule has 2 aromatic rings. The van der Waals surface area contributed by atoms with E-state index < -0.39 is 11.8 Å². The third-order valence-electron chi connectivity index (χ3n) is 5.94. The van der Waals surface area contributed by atoms with Gasteiger partial charge in [0.2, 0.25) is 11.2 Å². The Morgan fingerprint density at radius 3 is 2.59 bits per heavy atom. The van der Waals surface area contributed by atoms with Crippen molar-refractivity contribution in [1.82, 2.24) is 9.80 Å². The highest BCUT2D eigenvalue weighted by molar-refractivity contribution is 5.83. The largest absolute Gasteiger partial charge is 0.486 e. The first kappa shape index (κ1) is 22.4. The first-order chi connectivity index (χ1) is 15.2. The lowest BCUT2D eigenvalue weighted by Crippen LogP contribution is -2.46. The highest BCUT2D eigenvalue weighted by atomic mass is 19.3. The van der Waals surface area contributed by atoms with Crippen molar-refractivity contribution in [3.05, 3.63) is 63.5 Å². The number of rotatable bonds is 6. The van der Waals surface area contributed by atoms with E-state index >= 15 is 0 Å². The van der Waals surface area contributed by atoms with Gasteiger partial charge in [-0.3, -0.25) is 14.5 Å². The first-order valence-electron chi connectivity index (χ1n) is 10.6. The quantitative estimate of drug-likeness (QED) is 0.674. The number of amides is 1. The lowest BCUT2D eigenvalue weighted by molar-refractivity contribution is -0.156. The molecule has 6 nitrogen and oxygen atoms in total. The summed E-state index contributed by atoms with van der Waals surface area (Å²) >= 11 is 0. The van der Waals surface area contributed by atoms with Crippen LogP contribution in [0.15, 0.2) is 39.7 Å². The minimum Gasteiger partial charge on any atom is -0.486 e. The first-order valence-corrected chi connectivity index (χ1v) is 10.6. The number of nitrogens with zero attached hydrogens (tertiary/aromatic N) is 2.